The van der Waals surface area contributed by atoms with E-state index in [0.717, 1.165) is 22.2 Å². The Bertz CT molecular complexity index is 1060. The van der Waals surface area contributed by atoms with E-state index in [9.17, 15) is 0 Å². The van der Waals surface area contributed by atoms with Crippen molar-refractivity contribution >= 4 is 51.7 Å². The van der Waals surface area contributed by atoms with E-state index in [-0.39, 0.29) is 0 Å². The van der Waals surface area contributed by atoms with Crippen molar-refractivity contribution < 1.29 is 9.47 Å². The third kappa shape index (κ3) is 4.68. The van der Waals surface area contributed by atoms with Gasteiger partial charge in [0.2, 0.25) is 0 Å². The fourth-order valence-corrected chi connectivity index (χ4v) is 2.96. The smallest absolute Gasteiger partial charge is 0.191 e. The molecule has 0 radical (unpaired) electrons. The summed E-state index contributed by atoms with van der Waals surface area (Å²) in [7, 11) is 3.16. The van der Waals surface area contributed by atoms with Crippen LogP contribution in [-0.4, -0.2) is 30.5 Å². The van der Waals surface area contributed by atoms with Gasteiger partial charge < -0.3 is 14.8 Å². The molecule has 0 aliphatic heterocycles. The van der Waals surface area contributed by atoms with Gasteiger partial charge in [-0.15, -0.1) is 0 Å². The van der Waals surface area contributed by atoms with Crippen LogP contribution in [0.3, 0.4) is 0 Å². The largest absolute Gasteiger partial charge is 0.493 e. The number of hydrogen-bond donors (Lipinski definition) is 2. The van der Waals surface area contributed by atoms with Gasteiger partial charge in [-0.1, -0.05) is 23.7 Å². The lowest BCUT2D eigenvalue weighted by atomic mass is 10.1. The van der Waals surface area contributed by atoms with E-state index in [1.807, 2.05) is 37.3 Å². The molecule has 28 heavy (non-hydrogen) atoms. The van der Waals surface area contributed by atoms with Crippen LogP contribution in [0.1, 0.15) is 11.1 Å². The minimum atomic E-state index is 0.323. The van der Waals surface area contributed by atoms with Gasteiger partial charge in [-0.3, -0.25) is 5.43 Å². The molecule has 0 unspecified atom stereocenters. The van der Waals surface area contributed by atoms with Gasteiger partial charge in [-0.25, -0.2) is 4.98 Å². The van der Waals surface area contributed by atoms with E-state index >= 15 is 0 Å². The second kappa shape index (κ2) is 8.86. The number of hydrazone groups is 1. The quantitative estimate of drug-likeness (QED) is 0.276. The Kier molecular flexibility index (Phi) is 6.28. The van der Waals surface area contributed by atoms with Crippen molar-refractivity contribution in [2.45, 2.75) is 6.92 Å². The lowest BCUT2D eigenvalue weighted by Gasteiger charge is -2.11. The average Bonchev–Trinajstić information content (AvgIpc) is 2.68. The Balaban J connectivity index is 1.67. The number of rotatable bonds is 5. The molecule has 0 fully saturated rings. The molecule has 144 valence electrons. The van der Waals surface area contributed by atoms with Gasteiger partial charge in [-0.05, 0) is 49.0 Å². The number of anilines is 1. The first kappa shape index (κ1) is 19.9. The van der Waals surface area contributed by atoms with E-state index in [4.69, 9.17) is 33.3 Å². The molecule has 1 aromatic heterocycles. The van der Waals surface area contributed by atoms with E-state index < -0.39 is 0 Å². The molecule has 0 spiro atoms. The molecule has 0 aliphatic rings. The van der Waals surface area contributed by atoms with Crippen molar-refractivity contribution in [3.05, 3.63) is 58.7 Å². The summed E-state index contributed by atoms with van der Waals surface area (Å²) in [6.07, 6.45) is 1.58. The Hall–Kier alpha value is -2.90. The number of thiocarbonyl (C=S) groups is 1. The van der Waals surface area contributed by atoms with Gasteiger partial charge in [-0.2, -0.15) is 5.10 Å². The number of hydrogen-bond acceptors (Lipinski definition) is 5. The summed E-state index contributed by atoms with van der Waals surface area (Å²) in [6, 6.07) is 13.3. The first-order valence-electron chi connectivity index (χ1n) is 8.39. The highest BCUT2D eigenvalue weighted by molar-refractivity contribution is 7.80. The summed E-state index contributed by atoms with van der Waals surface area (Å²) in [5, 5.41) is 8.86. The number of methoxy groups -OCH3 is 2. The molecule has 0 bridgehead atoms. The van der Waals surface area contributed by atoms with Crippen molar-refractivity contribution in [3.63, 3.8) is 0 Å². The van der Waals surface area contributed by atoms with Gasteiger partial charge in [0.1, 0.15) is 5.15 Å². The minimum Gasteiger partial charge on any atom is -0.493 e. The fourth-order valence-electron chi connectivity index (χ4n) is 2.59. The second-order valence-corrected chi connectivity index (χ2v) is 6.72. The molecule has 0 aliphatic carbocycles. The number of aromatic nitrogens is 1. The average molecular weight is 415 g/mol. The number of nitrogens with one attached hydrogen (secondary N) is 2. The zero-order valence-corrected chi connectivity index (χ0v) is 17.2. The maximum atomic E-state index is 6.26. The number of nitrogens with zero attached hydrogens (tertiary/aromatic N) is 2. The number of halogens is 1. The van der Waals surface area contributed by atoms with Gasteiger partial charge in [0.05, 0.1) is 26.0 Å². The van der Waals surface area contributed by atoms with Crippen molar-refractivity contribution in [3.8, 4) is 11.5 Å². The van der Waals surface area contributed by atoms with Crippen LogP contribution in [-0.2, 0) is 0 Å². The summed E-state index contributed by atoms with van der Waals surface area (Å²) in [5.74, 6) is 1.24. The van der Waals surface area contributed by atoms with Crippen molar-refractivity contribution in [1.82, 2.24) is 10.4 Å². The Morgan fingerprint density at radius 2 is 1.89 bits per heavy atom. The van der Waals surface area contributed by atoms with Crippen LogP contribution < -0.4 is 20.2 Å². The first-order chi connectivity index (χ1) is 13.5. The molecule has 3 rings (SSSR count). The molecule has 3 aromatic rings. The maximum Gasteiger partial charge on any atom is 0.191 e. The van der Waals surface area contributed by atoms with Crippen LogP contribution in [0.25, 0.3) is 10.9 Å². The third-order valence-electron chi connectivity index (χ3n) is 3.96. The van der Waals surface area contributed by atoms with Crippen LogP contribution in [0.2, 0.25) is 5.15 Å². The molecule has 6 nitrogen and oxygen atoms in total. The monoisotopic (exact) mass is 414 g/mol. The zero-order valence-electron chi connectivity index (χ0n) is 15.6. The summed E-state index contributed by atoms with van der Waals surface area (Å²) >= 11 is 11.5. The summed E-state index contributed by atoms with van der Waals surface area (Å²) < 4.78 is 10.5. The normalized spacial score (nSPS) is 10.9. The summed E-state index contributed by atoms with van der Waals surface area (Å²) in [4.78, 5) is 4.41. The molecule has 0 saturated carbocycles. The van der Waals surface area contributed by atoms with Gasteiger partial charge in [0.25, 0.3) is 0 Å². The van der Waals surface area contributed by atoms with Crippen molar-refractivity contribution in [2.75, 3.05) is 19.5 Å². The molecule has 0 amide bonds. The number of fused-ring (bicyclic) bond motifs is 1. The van der Waals surface area contributed by atoms with Crippen LogP contribution in [0.15, 0.2) is 47.6 Å². The van der Waals surface area contributed by atoms with Crippen LogP contribution >= 0.6 is 23.8 Å². The van der Waals surface area contributed by atoms with Crippen molar-refractivity contribution in [1.29, 1.82) is 0 Å². The fraction of sp³-hybridized carbons (Fsp3) is 0.150. The highest BCUT2D eigenvalue weighted by Gasteiger charge is 2.06. The van der Waals surface area contributed by atoms with E-state index in [2.05, 4.69) is 20.8 Å². The van der Waals surface area contributed by atoms with Gasteiger partial charge in [0.15, 0.2) is 16.6 Å². The Morgan fingerprint density at radius 3 is 2.64 bits per heavy atom. The number of ether oxygens (including phenoxy) is 2. The predicted molar refractivity (Wildman–Crippen MR) is 118 cm³/mol. The van der Waals surface area contributed by atoms with Gasteiger partial charge in [0, 0.05) is 22.7 Å². The molecular formula is C20H19ClN4O2S. The van der Waals surface area contributed by atoms with Gasteiger partial charge >= 0.3 is 0 Å². The topological polar surface area (TPSA) is 67.8 Å². The Labute approximate surface area is 173 Å². The van der Waals surface area contributed by atoms with E-state index in [0.29, 0.717) is 27.3 Å². The van der Waals surface area contributed by atoms with E-state index in [1.165, 1.54) is 0 Å². The predicted octanol–water partition coefficient (Wildman–Crippen LogP) is 4.53. The standard InChI is InChI=1S/C20H19ClN4O2S/c1-12-4-5-13-9-14(19(21)24-16(13)8-12)11-22-25-20(28)23-15-6-7-17(26-2)18(10-15)27-3/h4-11H,1-3H3,(H2,23,25,28)/b22-11-. The highest BCUT2D eigenvalue weighted by Crippen LogP contribution is 2.29. The summed E-state index contributed by atoms with van der Waals surface area (Å²) in [6.45, 7) is 2.01. The van der Waals surface area contributed by atoms with E-state index in [1.54, 1.807) is 32.6 Å². The third-order valence-corrected chi connectivity index (χ3v) is 4.46. The molecule has 0 saturated heterocycles. The Morgan fingerprint density at radius 1 is 1.11 bits per heavy atom. The zero-order chi connectivity index (χ0) is 20.1. The molecular weight excluding hydrogens is 396 g/mol. The highest BCUT2D eigenvalue weighted by atomic mass is 35.5. The van der Waals surface area contributed by atoms with Crippen LogP contribution in [0, 0.1) is 6.92 Å². The second-order valence-electron chi connectivity index (χ2n) is 5.96. The minimum absolute atomic E-state index is 0.323. The lowest BCUT2D eigenvalue weighted by Crippen LogP contribution is -2.23. The molecule has 8 heteroatoms. The summed E-state index contributed by atoms with van der Waals surface area (Å²) in [5.41, 5.74) is 6.18. The number of aryl methyl sites for hydroxylation is 1. The lowest BCUT2D eigenvalue weighted by molar-refractivity contribution is 0.355. The number of benzene rings is 2. The maximum absolute atomic E-state index is 6.26. The van der Waals surface area contributed by atoms with Crippen molar-refractivity contribution in [2.24, 2.45) is 5.10 Å². The van der Waals surface area contributed by atoms with Crippen LogP contribution in [0.4, 0.5) is 5.69 Å². The molecule has 2 N–H and O–H groups in total. The number of pyridine rings is 1. The molecule has 0 atom stereocenters. The molecule has 1 heterocycles. The first-order valence-corrected chi connectivity index (χ1v) is 9.18. The SMILES string of the molecule is COc1ccc(NC(=S)N/N=C\c2cc3ccc(C)cc3nc2Cl)cc1OC. The van der Waals surface area contributed by atoms with Crippen LogP contribution in [0.5, 0.6) is 11.5 Å². The molecule has 2 aromatic carbocycles.